The van der Waals surface area contributed by atoms with Gasteiger partial charge in [-0.15, -0.1) is 0 Å². The van der Waals surface area contributed by atoms with E-state index in [0.717, 1.165) is 9.13 Å². The summed E-state index contributed by atoms with van der Waals surface area (Å²) < 4.78 is 11.5. The molecule has 2 rings (SSSR count). The van der Waals surface area contributed by atoms with E-state index in [1.54, 1.807) is 44.6 Å². The SMILES string of the molecule is COc1cc(C=NNC(=O)C(NC(=O)c2ccccc2Cl)C(C)C)cc(I)c1OC. The number of nitrogens with one attached hydrogen (secondary N) is 2. The third kappa shape index (κ3) is 6.09. The van der Waals surface area contributed by atoms with E-state index in [-0.39, 0.29) is 5.92 Å². The van der Waals surface area contributed by atoms with Crippen LogP contribution >= 0.6 is 34.2 Å². The Morgan fingerprint density at radius 1 is 1.17 bits per heavy atom. The van der Waals surface area contributed by atoms with Crippen LogP contribution < -0.4 is 20.2 Å². The monoisotopic (exact) mass is 543 g/mol. The lowest BCUT2D eigenvalue weighted by molar-refractivity contribution is -0.123. The van der Waals surface area contributed by atoms with E-state index in [1.165, 1.54) is 6.21 Å². The van der Waals surface area contributed by atoms with Gasteiger partial charge in [-0.2, -0.15) is 5.10 Å². The number of rotatable bonds is 8. The van der Waals surface area contributed by atoms with E-state index in [1.807, 2.05) is 19.9 Å². The minimum Gasteiger partial charge on any atom is -0.493 e. The number of nitrogens with zero attached hydrogens (tertiary/aromatic N) is 1. The maximum atomic E-state index is 12.6. The van der Waals surface area contributed by atoms with Gasteiger partial charge in [0.15, 0.2) is 11.5 Å². The third-order valence-corrected chi connectivity index (χ3v) is 5.33. The minimum atomic E-state index is -0.781. The lowest BCUT2D eigenvalue weighted by Crippen LogP contribution is -2.48. The van der Waals surface area contributed by atoms with Crippen molar-refractivity contribution in [2.75, 3.05) is 14.2 Å². The first-order chi connectivity index (χ1) is 14.3. The maximum absolute atomic E-state index is 12.6. The molecule has 0 aliphatic rings. The number of ether oxygens (including phenoxy) is 2. The molecule has 7 nitrogen and oxygen atoms in total. The van der Waals surface area contributed by atoms with Crippen LogP contribution in [0.2, 0.25) is 5.02 Å². The molecule has 2 N–H and O–H groups in total. The number of hydrogen-bond donors (Lipinski definition) is 2. The van der Waals surface area contributed by atoms with Crippen LogP contribution in [0.3, 0.4) is 0 Å². The Labute approximate surface area is 194 Å². The van der Waals surface area contributed by atoms with Crippen LogP contribution in [0.5, 0.6) is 11.5 Å². The van der Waals surface area contributed by atoms with Crippen LogP contribution in [0.25, 0.3) is 0 Å². The molecule has 0 radical (unpaired) electrons. The van der Waals surface area contributed by atoms with Gasteiger partial charge in [0.1, 0.15) is 6.04 Å². The summed E-state index contributed by atoms with van der Waals surface area (Å²) in [6.07, 6.45) is 1.50. The fourth-order valence-corrected chi connectivity index (χ4v) is 3.72. The number of hydrazone groups is 1. The van der Waals surface area contributed by atoms with Gasteiger partial charge < -0.3 is 14.8 Å². The molecular weight excluding hydrogens is 521 g/mol. The second-order valence-corrected chi connectivity index (χ2v) is 8.22. The molecular formula is C21H23ClIN3O4. The number of carbonyl (C=O) groups excluding carboxylic acids is 2. The van der Waals surface area contributed by atoms with Gasteiger partial charge in [-0.05, 0) is 58.3 Å². The van der Waals surface area contributed by atoms with Crippen molar-refractivity contribution < 1.29 is 19.1 Å². The van der Waals surface area contributed by atoms with Crippen molar-refractivity contribution in [1.82, 2.24) is 10.7 Å². The fourth-order valence-electron chi connectivity index (χ4n) is 2.65. The van der Waals surface area contributed by atoms with Crippen molar-refractivity contribution >= 4 is 52.2 Å². The lowest BCUT2D eigenvalue weighted by Gasteiger charge is -2.20. The molecule has 2 aromatic carbocycles. The zero-order valence-electron chi connectivity index (χ0n) is 17.0. The smallest absolute Gasteiger partial charge is 0.262 e. The summed E-state index contributed by atoms with van der Waals surface area (Å²) in [4.78, 5) is 25.1. The van der Waals surface area contributed by atoms with Crippen molar-refractivity contribution in [3.8, 4) is 11.5 Å². The summed E-state index contributed by atoms with van der Waals surface area (Å²) in [7, 11) is 3.11. The first-order valence-corrected chi connectivity index (χ1v) is 10.5. The second-order valence-electron chi connectivity index (χ2n) is 6.65. The first kappa shape index (κ1) is 23.9. The second kappa shape index (κ2) is 11.2. The zero-order chi connectivity index (χ0) is 22.3. The van der Waals surface area contributed by atoms with Crippen LogP contribution in [0.1, 0.15) is 29.8 Å². The molecule has 0 aliphatic heterocycles. The molecule has 1 unspecified atom stereocenters. The number of carbonyl (C=O) groups is 2. The molecule has 1 atom stereocenters. The predicted octanol–water partition coefficient (Wildman–Crippen LogP) is 3.87. The summed E-state index contributed by atoms with van der Waals surface area (Å²) in [6, 6.07) is 9.47. The molecule has 0 aliphatic carbocycles. The summed E-state index contributed by atoms with van der Waals surface area (Å²) in [6.45, 7) is 3.66. The fraction of sp³-hybridized carbons (Fsp3) is 0.286. The van der Waals surface area contributed by atoms with E-state index in [9.17, 15) is 9.59 Å². The Morgan fingerprint density at radius 3 is 2.47 bits per heavy atom. The van der Waals surface area contributed by atoms with Crippen LogP contribution in [-0.4, -0.2) is 38.3 Å². The number of amides is 2. The Bertz CT molecular complexity index is 950. The van der Waals surface area contributed by atoms with Crippen LogP contribution in [0, 0.1) is 9.49 Å². The molecule has 0 fully saturated rings. The summed E-state index contributed by atoms with van der Waals surface area (Å²) >= 11 is 8.20. The molecule has 0 saturated heterocycles. The number of methoxy groups -OCH3 is 2. The normalized spacial score (nSPS) is 12.0. The number of hydrogen-bond acceptors (Lipinski definition) is 5. The van der Waals surface area contributed by atoms with Gasteiger partial charge >= 0.3 is 0 Å². The van der Waals surface area contributed by atoms with Gasteiger partial charge in [-0.3, -0.25) is 9.59 Å². The van der Waals surface area contributed by atoms with Gasteiger partial charge in [0.25, 0.3) is 11.8 Å². The van der Waals surface area contributed by atoms with E-state index in [0.29, 0.717) is 22.1 Å². The van der Waals surface area contributed by atoms with Crippen LogP contribution in [0.4, 0.5) is 0 Å². The molecule has 9 heteroatoms. The van der Waals surface area contributed by atoms with E-state index < -0.39 is 17.9 Å². The lowest BCUT2D eigenvalue weighted by atomic mass is 10.0. The van der Waals surface area contributed by atoms with Gasteiger partial charge in [-0.1, -0.05) is 37.6 Å². The standard InChI is InChI=1S/C21H23ClIN3O4/c1-12(2)18(25-20(27)14-7-5-6-8-15(14)22)21(28)26-24-11-13-9-16(23)19(30-4)17(10-13)29-3/h5-12,18H,1-4H3,(H,25,27)(H,26,28). The van der Waals surface area contributed by atoms with Gasteiger partial charge in [0.05, 0.1) is 34.6 Å². The average Bonchev–Trinajstić information content (AvgIpc) is 2.71. The largest absolute Gasteiger partial charge is 0.493 e. The van der Waals surface area contributed by atoms with Crippen molar-refractivity contribution in [1.29, 1.82) is 0 Å². The highest BCUT2D eigenvalue weighted by Crippen LogP contribution is 2.33. The molecule has 0 bridgehead atoms. The molecule has 0 spiro atoms. The highest BCUT2D eigenvalue weighted by Gasteiger charge is 2.25. The van der Waals surface area contributed by atoms with Crippen molar-refractivity contribution in [2.24, 2.45) is 11.0 Å². The number of benzene rings is 2. The summed E-state index contributed by atoms with van der Waals surface area (Å²) in [5.41, 5.74) is 3.51. The first-order valence-electron chi connectivity index (χ1n) is 9.08. The van der Waals surface area contributed by atoms with Crippen molar-refractivity contribution in [3.05, 3.63) is 56.1 Å². The van der Waals surface area contributed by atoms with Crippen LogP contribution in [-0.2, 0) is 4.79 Å². The quantitative estimate of drug-likeness (QED) is 0.301. The Hall–Kier alpha value is -2.33. The Kier molecular flexibility index (Phi) is 8.91. The molecule has 0 aromatic heterocycles. The molecule has 2 amide bonds. The minimum absolute atomic E-state index is 0.159. The van der Waals surface area contributed by atoms with Gasteiger partial charge in [0, 0.05) is 0 Å². The van der Waals surface area contributed by atoms with Crippen molar-refractivity contribution in [3.63, 3.8) is 0 Å². The molecule has 2 aromatic rings. The molecule has 160 valence electrons. The highest BCUT2D eigenvalue weighted by atomic mass is 127. The summed E-state index contributed by atoms with van der Waals surface area (Å²) in [5, 5.41) is 7.05. The maximum Gasteiger partial charge on any atom is 0.262 e. The molecule has 30 heavy (non-hydrogen) atoms. The van der Waals surface area contributed by atoms with E-state index in [4.69, 9.17) is 21.1 Å². The topological polar surface area (TPSA) is 89.0 Å². The average molecular weight is 544 g/mol. The number of halogens is 2. The van der Waals surface area contributed by atoms with Crippen molar-refractivity contribution in [2.45, 2.75) is 19.9 Å². The van der Waals surface area contributed by atoms with Gasteiger partial charge in [-0.25, -0.2) is 5.43 Å². The highest BCUT2D eigenvalue weighted by molar-refractivity contribution is 14.1. The van der Waals surface area contributed by atoms with Gasteiger partial charge in [0.2, 0.25) is 0 Å². The van der Waals surface area contributed by atoms with E-state index >= 15 is 0 Å². The Morgan fingerprint density at radius 2 is 1.87 bits per heavy atom. The van der Waals surface area contributed by atoms with E-state index in [2.05, 4.69) is 38.4 Å². The molecule has 0 heterocycles. The predicted molar refractivity (Wildman–Crippen MR) is 126 cm³/mol. The Balaban J connectivity index is 2.10. The van der Waals surface area contributed by atoms with Crippen LogP contribution in [0.15, 0.2) is 41.5 Å². The summed E-state index contributed by atoms with van der Waals surface area (Å²) in [5.74, 6) is 0.170. The third-order valence-electron chi connectivity index (χ3n) is 4.20. The molecule has 0 saturated carbocycles. The zero-order valence-corrected chi connectivity index (χ0v) is 19.9.